The number of hydrogen-bond acceptors (Lipinski definition) is 3. The van der Waals surface area contributed by atoms with Crippen molar-refractivity contribution in [2.75, 3.05) is 14.1 Å². The smallest absolute Gasteiger partial charge is 0.289 e. The average molecular weight is 252 g/mol. The van der Waals surface area contributed by atoms with Crippen LogP contribution in [0.5, 0.6) is 0 Å². The van der Waals surface area contributed by atoms with E-state index in [0.717, 1.165) is 0 Å². The van der Waals surface area contributed by atoms with Gasteiger partial charge >= 0.3 is 0 Å². The fourth-order valence-corrected chi connectivity index (χ4v) is 1.62. The van der Waals surface area contributed by atoms with Crippen molar-refractivity contribution < 1.29 is 9.21 Å². The van der Waals surface area contributed by atoms with Crippen molar-refractivity contribution in [1.82, 2.24) is 4.90 Å². The molecule has 4 nitrogen and oxygen atoms in total. The fraction of sp³-hybridized carbons (Fsp3) is 0.167. The number of nitrogens with zero attached hydrogens (tertiary/aromatic N) is 1. The van der Waals surface area contributed by atoms with Crippen LogP contribution >= 0.6 is 11.6 Å². The van der Waals surface area contributed by atoms with Crippen LogP contribution in [0.15, 0.2) is 33.5 Å². The van der Waals surface area contributed by atoms with Gasteiger partial charge in [0.1, 0.15) is 5.58 Å². The average Bonchev–Trinajstić information content (AvgIpc) is 2.27. The van der Waals surface area contributed by atoms with Crippen molar-refractivity contribution in [3.63, 3.8) is 0 Å². The molecule has 2 rings (SSSR count). The van der Waals surface area contributed by atoms with Gasteiger partial charge in [0.2, 0.25) is 0 Å². The van der Waals surface area contributed by atoms with Gasteiger partial charge in [-0.15, -0.1) is 0 Å². The summed E-state index contributed by atoms with van der Waals surface area (Å²) in [5.74, 6) is -0.348. The molecule has 2 aromatic rings. The molecule has 0 fully saturated rings. The Morgan fingerprint density at radius 2 is 2.00 bits per heavy atom. The van der Waals surface area contributed by atoms with Gasteiger partial charge in [-0.2, -0.15) is 0 Å². The molecule has 0 aliphatic heterocycles. The molecule has 0 spiro atoms. The minimum Gasteiger partial charge on any atom is -0.451 e. The van der Waals surface area contributed by atoms with Crippen LogP contribution in [0.25, 0.3) is 11.0 Å². The van der Waals surface area contributed by atoms with Gasteiger partial charge in [-0.1, -0.05) is 11.6 Å². The van der Waals surface area contributed by atoms with Crippen molar-refractivity contribution in [3.05, 3.63) is 45.3 Å². The zero-order valence-corrected chi connectivity index (χ0v) is 10.1. The number of fused-ring (bicyclic) bond motifs is 1. The van der Waals surface area contributed by atoms with Crippen molar-refractivity contribution >= 4 is 28.5 Å². The van der Waals surface area contributed by atoms with Crippen molar-refractivity contribution in [2.24, 2.45) is 0 Å². The van der Waals surface area contributed by atoms with Gasteiger partial charge in [-0.3, -0.25) is 9.59 Å². The van der Waals surface area contributed by atoms with Gasteiger partial charge in [0, 0.05) is 31.3 Å². The van der Waals surface area contributed by atoms with Crippen LogP contribution in [0, 0.1) is 0 Å². The third-order valence-corrected chi connectivity index (χ3v) is 2.54. The quantitative estimate of drug-likeness (QED) is 0.780. The van der Waals surface area contributed by atoms with Gasteiger partial charge in [-0.05, 0) is 12.1 Å². The van der Waals surface area contributed by atoms with Gasteiger partial charge in [0.25, 0.3) is 5.91 Å². The second-order valence-corrected chi connectivity index (χ2v) is 4.25. The fourth-order valence-electron chi connectivity index (χ4n) is 1.45. The third kappa shape index (κ3) is 2.17. The highest BCUT2D eigenvalue weighted by atomic mass is 35.5. The molecule has 1 amide bonds. The van der Waals surface area contributed by atoms with Crippen molar-refractivity contribution in [3.8, 4) is 0 Å². The molecular weight excluding hydrogens is 242 g/mol. The van der Waals surface area contributed by atoms with E-state index in [9.17, 15) is 9.59 Å². The number of rotatable bonds is 1. The lowest BCUT2D eigenvalue weighted by Crippen LogP contribution is -2.22. The van der Waals surface area contributed by atoms with E-state index in [4.69, 9.17) is 16.0 Å². The SMILES string of the molecule is CN(C)C(=O)c1cc(=O)c2ccc(Cl)cc2o1. The first-order chi connectivity index (χ1) is 7.99. The summed E-state index contributed by atoms with van der Waals surface area (Å²) < 4.78 is 5.37. The van der Waals surface area contributed by atoms with Crippen molar-refractivity contribution in [2.45, 2.75) is 0 Å². The number of benzene rings is 1. The maximum Gasteiger partial charge on any atom is 0.289 e. The predicted octanol–water partition coefficient (Wildman–Crippen LogP) is 2.15. The lowest BCUT2D eigenvalue weighted by molar-refractivity contribution is 0.0797. The first kappa shape index (κ1) is 11.7. The van der Waals surface area contributed by atoms with Crippen LogP contribution in [-0.4, -0.2) is 24.9 Å². The standard InChI is InChI=1S/C12H10ClNO3/c1-14(2)12(16)11-6-9(15)8-4-3-7(13)5-10(8)17-11/h3-6H,1-2H3. The first-order valence-corrected chi connectivity index (χ1v) is 5.32. The summed E-state index contributed by atoms with van der Waals surface area (Å²) in [5, 5.41) is 0.861. The summed E-state index contributed by atoms with van der Waals surface area (Å²) in [6.07, 6.45) is 0. The Balaban J connectivity index is 2.70. The Morgan fingerprint density at radius 3 is 2.65 bits per heavy atom. The van der Waals surface area contributed by atoms with Crippen LogP contribution in [0.3, 0.4) is 0 Å². The highest BCUT2D eigenvalue weighted by Gasteiger charge is 2.13. The zero-order chi connectivity index (χ0) is 12.6. The number of hydrogen-bond donors (Lipinski definition) is 0. The summed E-state index contributed by atoms with van der Waals surface area (Å²) >= 11 is 5.81. The number of carbonyl (C=O) groups excluding carboxylic acids is 1. The zero-order valence-electron chi connectivity index (χ0n) is 9.36. The molecule has 0 radical (unpaired) electrons. The Morgan fingerprint density at radius 1 is 1.29 bits per heavy atom. The number of amides is 1. The largest absolute Gasteiger partial charge is 0.451 e. The summed E-state index contributed by atoms with van der Waals surface area (Å²) in [5.41, 5.74) is 0.0586. The topological polar surface area (TPSA) is 50.5 Å². The molecule has 1 aromatic carbocycles. The Hall–Kier alpha value is -1.81. The van der Waals surface area contributed by atoms with E-state index in [-0.39, 0.29) is 17.1 Å². The molecule has 88 valence electrons. The van der Waals surface area contributed by atoms with Gasteiger partial charge in [-0.25, -0.2) is 0 Å². The maximum absolute atomic E-state index is 11.8. The molecule has 0 aliphatic carbocycles. The van der Waals surface area contributed by atoms with E-state index < -0.39 is 0 Å². The molecule has 0 bridgehead atoms. The first-order valence-electron chi connectivity index (χ1n) is 4.94. The Labute approximate surface area is 102 Å². The van der Waals surface area contributed by atoms with Crippen LogP contribution in [0.4, 0.5) is 0 Å². The van der Waals surface area contributed by atoms with Crippen LogP contribution in [0.1, 0.15) is 10.6 Å². The molecule has 0 saturated heterocycles. The maximum atomic E-state index is 11.8. The van der Waals surface area contributed by atoms with Gasteiger partial charge in [0.05, 0.1) is 5.39 Å². The molecule has 17 heavy (non-hydrogen) atoms. The van der Waals surface area contributed by atoms with Gasteiger partial charge in [0.15, 0.2) is 11.2 Å². The van der Waals surface area contributed by atoms with Crippen LogP contribution in [-0.2, 0) is 0 Å². The van der Waals surface area contributed by atoms with E-state index in [0.29, 0.717) is 16.0 Å². The van der Waals surface area contributed by atoms with E-state index in [1.54, 1.807) is 26.2 Å². The van der Waals surface area contributed by atoms with E-state index in [1.807, 2.05) is 0 Å². The van der Waals surface area contributed by atoms with E-state index in [1.165, 1.54) is 17.0 Å². The third-order valence-electron chi connectivity index (χ3n) is 2.31. The molecule has 1 heterocycles. The lowest BCUT2D eigenvalue weighted by Gasteiger charge is -2.09. The summed E-state index contributed by atoms with van der Waals surface area (Å²) in [6, 6.07) is 5.89. The monoisotopic (exact) mass is 251 g/mol. The van der Waals surface area contributed by atoms with E-state index in [2.05, 4.69) is 0 Å². The second-order valence-electron chi connectivity index (χ2n) is 3.81. The molecule has 0 saturated carbocycles. The molecule has 0 N–H and O–H groups in total. The molecule has 5 heteroatoms. The van der Waals surface area contributed by atoms with Crippen LogP contribution in [0.2, 0.25) is 5.02 Å². The summed E-state index contributed by atoms with van der Waals surface area (Å²) in [4.78, 5) is 24.8. The lowest BCUT2D eigenvalue weighted by atomic mass is 10.2. The molecular formula is C12H10ClNO3. The molecule has 0 unspecified atom stereocenters. The van der Waals surface area contributed by atoms with Crippen molar-refractivity contribution in [1.29, 1.82) is 0 Å². The van der Waals surface area contributed by atoms with Crippen LogP contribution < -0.4 is 5.43 Å². The highest BCUT2D eigenvalue weighted by Crippen LogP contribution is 2.18. The normalized spacial score (nSPS) is 10.5. The van der Waals surface area contributed by atoms with Gasteiger partial charge < -0.3 is 9.32 Å². The van der Waals surface area contributed by atoms with E-state index >= 15 is 0 Å². The number of halogens is 1. The predicted molar refractivity (Wildman–Crippen MR) is 65.5 cm³/mol. The Kier molecular flexibility index (Phi) is 2.90. The minimum absolute atomic E-state index is 0.00904. The summed E-state index contributed by atoms with van der Waals surface area (Å²) in [7, 11) is 3.18. The molecule has 0 aliphatic rings. The second kappa shape index (κ2) is 4.22. The molecule has 0 atom stereocenters. The highest BCUT2D eigenvalue weighted by molar-refractivity contribution is 6.31. The Bertz CT molecular complexity index is 646. The molecule has 1 aromatic heterocycles. The summed E-state index contributed by atoms with van der Waals surface area (Å²) in [6.45, 7) is 0. The number of carbonyl (C=O) groups is 1. The minimum atomic E-state index is -0.357.